The van der Waals surface area contributed by atoms with E-state index in [-0.39, 0.29) is 5.78 Å². The molecule has 0 aromatic carbocycles. The van der Waals surface area contributed by atoms with Crippen LogP contribution >= 0.6 is 0 Å². The van der Waals surface area contributed by atoms with Crippen LogP contribution in [-0.4, -0.2) is 12.5 Å². The highest BCUT2D eigenvalue weighted by atomic mass is 19.1. The van der Waals surface area contributed by atoms with Crippen molar-refractivity contribution in [1.29, 1.82) is 0 Å². The number of halogens is 1. The molecule has 0 aromatic heterocycles. The van der Waals surface area contributed by atoms with Crippen molar-refractivity contribution in [1.82, 2.24) is 0 Å². The van der Waals surface area contributed by atoms with E-state index in [4.69, 9.17) is 0 Å². The van der Waals surface area contributed by atoms with E-state index in [1.54, 1.807) is 0 Å². The van der Waals surface area contributed by atoms with Gasteiger partial charge in [-0.05, 0) is 6.42 Å². The topological polar surface area (TPSA) is 17.1 Å². The summed E-state index contributed by atoms with van der Waals surface area (Å²) in [6, 6.07) is 0. The molecule has 0 fully saturated rings. The first-order chi connectivity index (χ1) is 3.31. The van der Waals surface area contributed by atoms with Gasteiger partial charge < -0.3 is 0 Å². The van der Waals surface area contributed by atoms with Crippen molar-refractivity contribution in [2.75, 3.05) is 6.67 Å². The van der Waals surface area contributed by atoms with E-state index in [1.165, 1.54) is 0 Å². The number of rotatable bonds is 3. The van der Waals surface area contributed by atoms with Gasteiger partial charge in [-0.2, -0.15) is 0 Å². The van der Waals surface area contributed by atoms with Crippen molar-refractivity contribution >= 4 is 5.78 Å². The van der Waals surface area contributed by atoms with Crippen LogP contribution in [0.1, 0.15) is 19.8 Å². The lowest BCUT2D eigenvalue weighted by Gasteiger charge is -1.85. The summed E-state index contributed by atoms with van der Waals surface area (Å²) in [5.74, 6) is -0.289. The van der Waals surface area contributed by atoms with E-state index in [0.717, 1.165) is 6.42 Å². The van der Waals surface area contributed by atoms with Gasteiger partial charge in [0.05, 0.1) is 0 Å². The van der Waals surface area contributed by atoms with Crippen molar-refractivity contribution < 1.29 is 9.18 Å². The molecule has 0 N–H and O–H groups in total. The van der Waals surface area contributed by atoms with Gasteiger partial charge in [-0.1, -0.05) is 6.92 Å². The Labute approximate surface area is 42.5 Å². The zero-order valence-corrected chi connectivity index (χ0v) is 4.41. The molecule has 0 saturated carbocycles. The highest BCUT2D eigenvalue weighted by Gasteiger charge is 1.94. The third-order valence-corrected chi connectivity index (χ3v) is 0.678. The minimum atomic E-state index is -0.798. The van der Waals surface area contributed by atoms with Crippen molar-refractivity contribution in [3.8, 4) is 0 Å². The van der Waals surface area contributed by atoms with Crippen molar-refractivity contribution in [3.05, 3.63) is 0 Å². The summed E-state index contributed by atoms with van der Waals surface area (Å²) in [6.07, 6.45) is 1.14. The average molecular weight is 104 g/mol. The Morgan fingerprint density at radius 1 is 1.71 bits per heavy atom. The summed E-state index contributed by atoms with van der Waals surface area (Å²) in [5.41, 5.74) is 0. The second kappa shape index (κ2) is 3.78. The maximum atomic E-state index is 11.2. The molecule has 7 heavy (non-hydrogen) atoms. The van der Waals surface area contributed by atoms with Gasteiger partial charge in [-0.3, -0.25) is 4.79 Å². The quantitative estimate of drug-likeness (QED) is 0.527. The first-order valence-corrected chi connectivity index (χ1v) is 2.39. The van der Waals surface area contributed by atoms with Crippen LogP contribution in [0.2, 0.25) is 0 Å². The molecular formula is C5H9FO. The van der Waals surface area contributed by atoms with Crippen molar-refractivity contribution in [2.24, 2.45) is 0 Å². The lowest BCUT2D eigenvalue weighted by atomic mass is 10.2. The molecule has 0 atom stereocenters. The van der Waals surface area contributed by atoms with Gasteiger partial charge in [0.1, 0.15) is 6.67 Å². The van der Waals surface area contributed by atoms with Gasteiger partial charge in [0.25, 0.3) is 0 Å². The molecule has 0 bridgehead atoms. The Kier molecular flexibility index (Phi) is 3.56. The second-order valence-corrected chi connectivity index (χ2v) is 1.42. The zero-order chi connectivity index (χ0) is 5.70. The molecule has 2 heteroatoms. The monoisotopic (exact) mass is 104 g/mol. The van der Waals surface area contributed by atoms with E-state index in [9.17, 15) is 9.18 Å². The number of Topliss-reactive ketones (excluding diaryl/α,β-unsaturated/α-hetero) is 1. The predicted molar refractivity (Wildman–Crippen MR) is 25.9 cm³/mol. The molecule has 1 nitrogen and oxygen atoms in total. The Morgan fingerprint density at radius 3 is 2.43 bits per heavy atom. The molecule has 0 rings (SSSR count). The van der Waals surface area contributed by atoms with Gasteiger partial charge in [0, 0.05) is 6.42 Å². The Hall–Kier alpha value is -0.400. The summed E-state index contributed by atoms with van der Waals surface area (Å²) in [4.78, 5) is 10.0. The summed E-state index contributed by atoms with van der Waals surface area (Å²) >= 11 is 0. The first kappa shape index (κ1) is 6.60. The molecule has 0 aliphatic carbocycles. The average Bonchev–Trinajstić information content (AvgIpc) is 1.68. The molecule has 0 aliphatic rings. The highest BCUT2D eigenvalue weighted by molar-refractivity contribution is 5.79. The lowest BCUT2D eigenvalue weighted by Crippen LogP contribution is -1.96. The van der Waals surface area contributed by atoms with Crippen LogP contribution < -0.4 is 0 Å². The minimum Gasteiger partial charge on any atom is -0.297 e. The van der Waals surface area contributed by atoms with E-state index in [2.05, 4.69) is 0 Å². The standard InChI is InChI=1S/C5H9FO/c1-2-3-5(7)4-6/h2-4H2,1H3. The molecule has 0 saturated heterocycles. The van der Waals surface area contributed by atoms with Gasteiger partial charge in [0.2, 0.25) is 0 Å². The third-order valence-electron chi connectivity index (χ3n) is 0.678. The van der Waals surface area contributed by atoms with E-state index in [1.807, 2.05) is 6.92 Å². The maximum Gasteiger partial charge on any atom is 0.163 e. The summed E-state index contributed by atoms with van der Waals surface area (Å²) in [5, 5.41) is 0. The number of hydrogen-bond donors (Lipinski definition) is 0. The zero-order valence-electron chi connectivity index (χ0n) is 4.41. The molecule has 42 valence electrons. The highest BCUT2D eigenvalue weighted by Crippen LogP contribution is 1.87. The fraction of sp³-hybridized carbons (Fsp3) is 0.800. The third kappa shape index (κ3) is 3.43. The number of alkyl halides is 1. The van der Waals surface area contributed by atoms with Gasteiger partial charge >= 0.3 is 0 Å². The van der Waals surface area contributed by atoms with Crippen LogP contribution in [0.5, 0.6) is 0 Å². The smallest absolute Gasteiger partial charge is 0.163 e. The maximum absolute atomic E-state index is 11.2. The molecule has 0 aromatic rings. The predicted octanol–water partition coefficient (Wildman–Crippen LogP) is 1.33. The normalized spacial score (nSPS) is 8.86. The Morgan fingerprint density at radius 2 is 2.29 bits per heavy atom. The first-order valence-electron chi connectivity index (χ1n) is 2.39. The molecule has 0 aliphatic heterocycles. The van der Waals surface area contributed by atoms with Crippen molar-refractivity contribution in [2.45, 2.75) is 19.8 Å². The number of carbonyl (C=O) groups is 1. The largest absolute Gasteiger partial charge is 0.297 e. The lowest BCUT2D eigenvalue weighted by molar-refractivity contribution is -0.119. The van der Waals surface area contributed by atoms with E-state index >= 15 is 0 Å². The molecule has 0 spiro atoms. The molecular weight excluding hydrogens is 95.1 g/mol. The summed E-state index contributed by atoms with van der Waals surface area (Å²) in [6.45, 7) is 1.06. The van der Waals surface area contributed by atoms with Gasteiger partial charge in [-0.15, -0.1) is 0 Å². The molecule has 0 unspecified atom stereocenters. The Bertz CT molecular complexity index is 61.1. The Balaban J connectivity index is 3.00. The van der Waals surface area contributed by atoms with Crippen molar-refractivity contribution in [3.63, 3.8) is 0 Å². The second-order valence-electron chi connectivity index (χ2n) is 1.42. The van der Waals surface area contributed by atoms with Crippen LogP contribution in [0.4, 0.5) is 4.39 Å². The number of hydrogen-bond acceptors (Lipinski definition) is 1. The molecule has 0 radical (unpaired) electrons. The fourth-order valence-electron chi connectivity index (χ4n) is 0.346. The van der Waals surface area contributed by atoms with Crippen LogP contribution in [0.3, 0.4) is 0 Å². The van der Waals surface area contributed by atoms with Crippen LogP contribution in [0, 0.1) is 0 Å². The van der Waals surface area contributed by atoms with Crippen LogP contribution in [-0.2, 0) is 4.79 Å². The van der Waals surface area contributed by atoms with Crippen LogP contribution in [0.15, 0.2) is 0 Å². The van der Waals surface area contributed by atoms with Gasteiger partial charge in [-0.25, -0.2) is 4.39 Å². The molecule has 0 amide bonds. The number of ketones is 1. The summed E-state index contributed by atoms with van der Waals surface area (Å²) in [7, 11) is 0. The van der Waals surface area contributed by atoms with E-state index in [0.29, 0.717) is 6.42 Å². The summed E-state index contributed by atoms with van der Waals surface area (Å²) < 4.78 is 11.2. The number of carbonyl (C=O) groups excluding carboxylic acids is 1. The van der Waals surface area contributed by atoms with E-state index < -0.39 is 6.67 Å². The SMILES string of the molecule is CCCC(=O)CF. The molecule has 0 heterocycles. The fourth-order valence-corrected chi connectivity index (χ4v) is 0.346. The van der Waals surface area contributed by atoms with Gasteiger partial charge in [0.15, 0.2) is 5.78 Å². The van der Waals surface area contributed by atoms with Crippen LogP contribution in [0.25, 0.3) is 0 Å². The minimum absolute atomic E-state index is 0.289.